The molecule has 2 amide bonds. The van der Waals surface area contributed by atoms with E-state index in [0.29, 0.717) is 21.8 Å². The summed E-state index contributed by atoms with van der Waals surface area (Å²) in [5.74, 6) is -0.0212. The minimum Gasteiger partial charge on any atom is -0.337 e. The molecule has 9 nitrogen and oxygen atoms in total. The number of hydrogen-bond donors (Lipinski definition) is 1. The van der Waals surface area contributed by atoms with Gasteiger partial charge in [0.15, 0.2) is 5.78 Å². The lowest BCUT2D eigenvalue weighted by Crippen LogP contribution is -2.46. The lowest BCUT2D eigenvalue weighted by atomic mass is 10.0. The van der Waals surface area contributed by atoms with Gasteiger partial charge in [0.2, 0.25) is 11.8 Å². The van der Waals surface area contributed by atoms with E-state index in [4.69, 9.17) is 0 Å². The van der Waals surface area contributed by atoms with Crippen LogP contribution >= 0.6 is 15.9 Å². The molecule has 1 aromatic carbocycles. The fourth-order valence-corrected chi connectivity index (χ4v) is 6.26. The normalized spacial score (nSPS) is 23.3. The highest BCUT2D eigenvalue weighted by Gasteiger charge is 2.64. The standard InChI is InChI=1S/C31H31BrN6O3/c1-16-6-7-26(32)35-29(16)36-30(41)24-10-31(5)11-25(31)38(24)27(40)15-37-14-23(18(3)39)22-9-20(8-17(2)28(22)37)21-12-33-19(4)34-13-21/h6-9,12-14,24-25H,10-11,15H2,1-5H3,(H,35,36,41)/t24-,25+,31-/m0/s1/i24D. The molecule has 3 aromatic heterocycles. The predicted octanol–water partition coefficient (Wildman–Crippen LogP) is 5.40. The second kappa shape index (κ2) is 9.87. The fourth-order valence-electron chi connectivity index (χ4n) is 5.95. The average molecular weight is 617 g/mol. The Kier molecular flexibility index (Phi) is 6.26. The molecule has 0 unspecified atom stereocenters. The molecule has 1 aliphatic carbocycles. The van der Waals surface area contributed by atoms with Crippen molar-refractivity contribution in [1.29, 1.82) is 0 Å². The van der Waals surface area contributed by atoms with Crippen LogP contribution in [0.25, 0.3) is 22.0 Å². The van der Waals surface area contributed by atoms with Gasteiger partial charge in [0.05, 0.1) is 6.89 Å². The molecule has 6 rings (SSSR count). The first-order valence-electron chi connectivity index (χ1n) is 14.0. The molecule has 10 heteroatoms. The van der Waals surface area contributed by atoms with Crippen LogP contribution in [0.2, 0.25) is 0 Å². The number of aromatic nitrogens is 4. The number of carbonyl (C=O) groups excluding carboxylic acids is 3. The van der Waals surface area contributed by atoms with Gasteiger partial charge in [-0.05, 0) is 96.8 Å². The number of nitrogens with zero attached hydrogens (tertiary/aromatic N) is 5. The van der Waals surface area contributed by atoms with Crippen LogP contribution in [0, 0.1) is 26.2 Å². The Morgan fingerprint density at radius 3 is 2.54 bits per heavy atom. The number of pyridine rings is 1. The van der Waals surface area contributed by atoms with E-state index < -0.39 is 11.9 Å². The van der Waals surface area contributed by atoms with Crippen molar-refractivity contribution in [2.45, 2.75) is 66.1 Å². The molecule has 210 valence electrons. The Morgan fingerprint density at radius 1 is 1.10 bits per heavy atom. The summed E-state index contributed by atoms with van der Waals surface area (Å²) in [4.78, 5) is 54.8. The van der Waals surface area contributed by atoms with Crippen LogP contribution in [-0.4, -0.2) is 54.1 Å². The Bertz CT molecular complexity index is 1800. The van der Waals surface area contributed by atoms with Gasteiger partial charge in [-0.1, -0.05) is 13.0 Å². The largest absolute Gasteiger partial charge is 0.337 e. The molecule has 41 heavy (non-hydrogen) atoms. The van der Waals surface area contributed by atoms with Crippen molar-refractivity contribution in [3.63, 3.8) is 0 Å². The summed E-state index contributed by atoms with van der Waals surface area (Å²) in [6, 6.07) is 5.53. The van der Waals surface area contributed by atoms with Crippen molar-refractivity contribution in [3.05, 3.63) is 70.0 Å². The Balaban J connectivity index is 1.35. The maximum absolute atomic E-state index is 14.0. The number of hydrogen-bond acceptors (Lipinski definition) is 6. The van der Waals surface area contributed by atoms with Crippen molar-refractivity contribution in [2.75, 3.05) is 5.32 Å². The second-order valence-electron chi connectivity index (χ2n) is 11.4. The first kappa shape index (κ1) is 26.0. The third kappa shape index (κ3) is 4.84. The van der Waals surface area contributed by atoms with Gasteiger partial charge in [-0.15, -0.1) is 0 Å². The Hall–Kier alpha value is -3.92. The van der Waals surface area contributed by atoms with E-state index in [1.807, 2.05) is 45.9 Å². The number of halogens is 1. The first-order chi connectivity index (χ1) is 19.8. The molecule has 0 bridgehead atoms. The van der Waals surface area contributed by atoms with Crippen molar-refractivity contribution >= 4 is 50.2 Å². The summed E-state index contributed by atoms with van der Waals surface area (Å²) in [6.45, 7) is 9.00. The maximum atomic E-state index is 14.0. The number of ketones is 1. The van der Waals surface area contributed by atoms with E-state index in [1.54, 1.807) is 29.2 Å². The molecular weight excluding hydrogens is 584 g/mol. The quantitative estimate of drug-likeness (QED) is 0.230. The molecule has 4 aromatic rings. The smallest absolute Gasteiger partial charge is 0.248 e. The maximum Gasteiger partial charge on any atom is 0.248 e. The first-order valence-corrected chi connectivity index (χ1v) is 14.3. The van der Waals surface area contributed by atoms with E-state index >= 15 is 0 Å². The van der Waals surface area contributed by atoms with E-state index in [-0.39, 0.29) is 36.1 Å². The number of anilines is 1. The van der Waals surface area contributed by atoms with Gasteiger partial charge in [0, 0.05) is 41.1 Å². The highest BCUT2D eigenvalue weighted by atomic mass is 79.9. The van der Waals surface area contributed by atoms with Gasteiger partial charge in [-0.25, -0.2) is 15.0 Å². The Morgan fingerprint density at radius 2 is 1.83 bits per heavy atom. The van der Waals surface area contributed by atoms with E-state index in [0.717, 1.165) is 39.6 Å². The molecule has 3 atom stereocenters. The fraction of sp³-hybridized carbons (Fsp3) is 0.355. The predicted molar refractivity (Wildman–Crippen MR) is 160 cm³/mol. The summed E-state index contributed by atoms with van der Waals surface area (Å²) in [5.41, 5.74) is 4.31. The van der Waals surface area contributed by atoms with Crippen molar-refractivity contribution in [1.82, 2.24) is 24.4 Å². The van der Waals surface area contributed by atoms with Crippen molar-refractivity contribution < 1.29 is 15.8 Å². The number of piperidine rings is 1. The van der Waals surface area contributed by atoms with Crippen molar-refractivity contribution in [3.8, 4) is 11.1 Å². The summed E-state index contributed by atoms with van der Waals surface area (Å²) < 4.78 is 11.6. The van der Waals surface area contributed by atoms with Gasteiger partial charge in [0.1, 0.15) is 28.8 Å². The SMILES string of the molecule is [2H][C@@]1(C(=O)Nc2nc(Br)ccc2C)C[C@@]2(C)C[C@H]2N1C(=O)Cn1cc(C(C)=O)c2cc(-c3cnc(C)nc3)cc(C)c21. The zero-order valence-corrected chi connectivity index (χ0v) is 25.2. The second-order valence-corrected chi connectivity index (χ2v) is 12.3. The number of Topliss-reactive ketones (excluding diaryl/α,β-unsaturated/α-hetero) is 1. The monoisotopic (exact) mass is 615 g/mol. The van der Waals surface area contributed by atoms with Crippen LogP contribution < -0.4 is 5.32 Å². The molecule has 1 saturated carbocycles. The number of carbonyl (C=O) groups is 3. The van der Waals surface area contributed by atoms with Crippen LogP contribution in [0.4, 0.5) is 5.82 Å². The number of likely N-dealkylation sites (tertiary alicyclic amines) is 1. The topological polar surface area (TPSA) is 110 Å². The molecule has 1 N–H and O–H groups in total. The van der Waals surface area contributed by atoms with Gasteiger partial charge in [-0.3, -0.25) is 14.4 Å². The summed E-state index contributed by atoms with van der Waals surface area (Å²) in [5, 5.41) is 3.53. The molecule has 1 aliphatic heterocycles. The summed E-state index contributed by atoms with van der Waals surface area (Å²) >= 11 is 3.33. The Labute approximate surface area is 247 Å². The van der Waals surface area contributed by atoms with Gasteiger partial charge in [0.25, 0.3) is 0 Å². The zero-order chi connectivity index (χ0) is 30.1. The molecular formula is C31H31BrN6O3. The third-order valence-electron chi connectivity index (χ3n) is 8.27. The van der Waals surface area contributed by atoms with Gasteiger partial charge < -0.3 is 14.8 Å². The van der Waals surface area contributed by atoms with E-state index in [2.05, 4.69) is 36.2 Å². The summed E-state index contributed by atoms with van der Waals surface area (Å²) in [7, 11) is 0. The van der Waals surface area contributed by atoms with Crippen LogP contribution in [0.5, 0.6) is 0 Å². The molecule has 2 aliphatic rings. The number of nitrogens with one attached hydrogen (secondary N) is 1. The van der Waals surface area contributed by atoms with Crippen molar-refractivity contribution in [2.24, 2.45) is 5.41 Å². The van der Waals surface area contributed by atoms with Crippen LogP contribution in [0.3, 0.4) is 0 Å². The minimum atomic E-state index is -1.79. The number of amides is 2. The lowest BCUT2D eigenvalue weighted by Gasteiger charge is -2.27. The van der Waals surface area contributed by atoms with Crippen LogP contribution in [0.15, 0.2) is 47.5 Å². The summed E-state index contributed by atoms with van der Waals surface area (Å²) in [6.07, 6.45) is 6.19. The molecule has 2 fully saturated rings. The molecule has 0 radical (unpaired) electrons. The number of fused-ring (bicyclic) bond motifs is 2. The minimum absolute atomic E-state index is 0.105. The van der Waals surface area contributed by atoms with E-state index in [1.165, 1.54) is 11.8 Å². The highest BCUT2D eigenvalue weighted by Crippen LogP contribution is 2.59. The zero-order valence-electron chi connectivity index (χ0n) is 24.6. The third-order valence-corrected chi connectivity index (χ3v) is 8.71. The number of benzene rings is 1. The number of aryl methyl sites for hydroxylation is 3. The van der Waals surface area contributed by atoms with Gasteiger partial charge >= 0.3 is 0 Å². The van der Waals surface area contributed by atoms with Gasteiger partial charge in [-0.2, -0.15) is 0 Å². The van der Waals surface area contributed by atoms with Crippen LogP contribution in [-0.2, 0) is 16.1 Å². The highest BCUT2D eigenvalue weighted by molar-refractivity contribution is 9.10. The average Bonchev–Trinajstić information content (AvgIpc) is 3.29. The van der Waals surface area contributed by atoms with E-state index in [9.17, 15) is 15.8 Å². The number of rotatable bonds is 6. The van der Waals surface area contributed by atoms with Crippen LogP contribution in [0.1, 0.15) is 55.4 Å². The molecule has 0 spiro atoms. The molecule has 1 saturated heterocycles. The lowest BCUT2D eigenvalue weighted by molar-refractivity contribution is -0.138. The molecule has 4 heterocycles.